The summed E-state index contributed by atoms with van der Waals surface area (Å²) in [5.41, 5.74) is 2.41. The van der Waals surface area contributed by atoms with E-state index in [9.17, 15) is 9.59 Å². The number of rotatable bonds is 7. The minimum atomic E-state index is -0.760. The first-order valence-electron chi connectivity index (χ1n) is 13.6. The normalized spacial score (nSPS) is 22.8. The minimum Gasteiger partial charge on any atom is -0.489 e. The van der Waals surface area contributed by atoms with Gasteiger partial charge in [0.15, 0.2) is 0 Å². The summed E-state index contributed by atoms with van der Waals surface area (Å²) in [6.45, 7) is 18.7. The summed E-state index contributed by atoms with van der Waals surface area (Å²) in [5, 5.41) is 9.18. The summed E-state index contributed by atoms with van der Waals surface area (Å²) >= 11 is 6.24. The molecule has 0 aromatic heterocycles. The molecule has 2 fully saturated rings. The van der Waals surface area contributed by atoms with Crippen LogP contribution >= 0.6 is 11.6 Å². The van der Waals surface area contributed by atoms with Gasteiger partial charge in [0.05, 0.1) is 18.0 Å². The maximum atomic E-state index is 13.5. The Labute approximate surface area is 240 Å². The van der Waals surface area contributed by atoms with Gasteiger partial charge in [0, 0.05) is 60.6 Å². The molecule has 0 atom stereocenters. The molecule has 2 aliphatic heterocycles. The zero-order valence-corrected chi connectivity index (χ0v) is 24.1. The van der Waals surface area contributed by atoms with Gasteiger partial charge in [0.1, 0.15) is 11.9 Å². The first-order valence-corrected chi connectivity index (χ1v) is 14.0. The van der Waals surface area contributed by atoms with E-state index in [1.54, 1.807) is 18.2 Å². The molecule has 1 amide bonds. The maximum Gasteiger partial charge on any atom is 0.304 e. The molecule has 7 nitrogen and oxygen atoms in total. The lowest BCUT2D eigenvalue weighted by atomic mass is 9.49. The van der Waals surface area contributed by atoms with Gasteiger partial charge in [-0.05, 0) is 41.8 Å². The van der Waals surface area contributed by atoms with Gasteiger partial charge < -0.3 is 19.6 Å². The maximum absolute atomic E-state index is 13.5. The van der Waals surface area contributed by atoms with Crippen LogP contribution in [-0.4, -0.2) is 58.6 Å². The third-order valence-electron chi connectivity index (χ3n) is 8.60. The van der Waals surface area contributed by atoms with Crippen molar-refractivity contribution in [3.05, 3.63) is 69.5 Å². The predicted molar refractivity (Wildman–Crippen MR) is 153 cm³/mol. The van der Waals surface area contributed by atoms with E-state index in [-0.39, 0.29) is 35.3 Å². The highest BCUT2D eigenvalue weighted by molar-refractivity contribution is 6.33. The second-order valence-corrected chi connectivity index (χ2v) is 12.8. The second kappa shape index (κ2) is 10.5. The van der Waals surface area contributed by atoms with E-state index in [2.05, 4.69) is 49.3 Å². The first kappa shape index (κ1) is 28.0. The molecule has 40 heavy (non-hydrogen) atoms. The Morgan fingerprint density at radius 2 is 1.90 bits per heavy atom. The molecule has 0 spiro atoms. The summed E-state index contributed by atoms with van der Waals surface area (Å²) in [6.07, 6.45) is 0.812. The average Bonchev–Trinajstić information content (AvgIpc) is 3.17. The predicted octanol–water partition coefficient (Wildman–Crippen LogP) is 5.88. The molecule has 5 rings (SSSR count). The van der Waals surface area contributed by atoms with Gasteiger partial charge in [-0.1, -0.05) is 57.2 Å². The Balaban J connectivity index is 1.23. The lowest BCUT2D eigenvalue weighted by molar-refractivity contribution is -0.199. The number of ether oxygens (including phenoxy) is 1. The Hall–Kier alpha value is -3.52. The third-order valence-corrected chi connectivity index (χ3v) is 8.90. The number of hydrogen-bond acceptors (Lipinski definition) is 4. The largest absolute Gasteiger partial charge is 0.489 e. The molecule has 2 heterocycles. The van der Waals surface area contributed by atoms with Crippen LogP contribution in [0.5, 0.6) is 5.75 Å². The zero-order chi connectivity index (χ0) is 28.8. The molecule has 0 unspecified atom stereocenters. The van der Waals surface area contributed by atoms with Crippen LogP contribution in [0.4, 0.5) is 5.69 Å². The number of carbonyl (C=O) groups excluding carboxylic acids is 1. The number of carboxylic acid groups (broad SMARTS) is 1. The van der Waals surface area contributed by atoms with Crippen molar-refractivity contribution < 1.29 is 19.4 Å². The van der Waals surface area contributed by atoms with Gasteiger partial charge in [0.2, 0.25) is 5.69 Å². The van der Waals surface area contributed by atoms with Crippen molar-refractivity contribution in [2.45, 2.75) is 59.2 Å². The second-order valence-electron chi connectivity index (χ2n) is 12.3. The number of fused-ring (bicyclic) bond motifs is 1. The van der Waals surface area contributed by atoms with Crippen LogP contribution in [-0.2, 0) is 11.3 Å². The minimum absolute atomic E-state index is 0.0277. The van der Waals surface area contributed by atoms with Crippen LogP contribution in [0.3, 0.4) is 0 Å². The quantitative estimate of drug-likeness (QED) is 0.339. The highest BCUT2D eigenvalue weighted by atomic mass is 35.5. The van der Waals surface area contributed by atoms with Gasteiger partial charge >= 0.3 is 5.97 Å². The van der Waals surface area contributed by atoms with Crippen LogP contribution in [0, 0.1) is 35.2 Å². The third kappa shape index (κ3) is 5.05. The number of aliphatic carboxylic acids is 1. The first-order chi connectivity index (χ1) is 18.9. The molecule has 2 aromatic rings. The van der Waals surface area contributed by atoms with E-state index in [1.165, 1.54) is 0 Å². The fourth-order valence-electron chi connectivity index (χ4n) is 7.17. The molecule has 1 aliphatic carbocycles. The van der Waals surface area contributed by atoms with Crippen LogP contribution < -0.4 is 4.74 Å². The van der Waals surface area contributed by atoms with Gasteiger partial charge in [-0.15, -0.1) is 0 Å². The summed E-state index contributed by atoms with van der Waals surface area (Å²) in [4.78, 5) is 31.8. The van der Waals surface area contributed by atoms with Crippen molar-refractivity contribution >= 4 is 29.2 Å². The Bertz CT molecular complexity index is 1440. The van der Waals surface area contributed by atoms with Crippen molar-refractivity contribution in [1.82, 2.24) is 9.80 Å². The molecule has 1 saturated heterocycles. The van der Waals surface area contributed by atoms with Gasteiger partial charge in [0.25, 0.3) is 5.91 Å². The standard InChI is InChI=1S/C32H34ClN3O4/c1-31(2)29(32(3,4)30(31)40-23-10-12-26(34-5)25(33)16-23)36-19-22-15-20(9-11-24(22)28(36)39)7-6-8-21-17-35(18-21)14-13-27(37)38/h9-12,15-16,21,29-30H,8,13-14,17-19H2,1-4H3,(H,37,38). The molecular weight excluding hydrogens is 526 g/mol. The number of amides is 1. The van der Waals surface area contributed by atoms with Crippen molar-refractivity contribution in [2.75, 3.05) is 19.6 Å². The van der Waals surface area contributed by atoms with Crippen molar-refractivity contribution in [3.8, 4) is 17.6 Å². The van der Waals surface area contributed by atoms with E-state index in [1.807, 2.05) is 23.1 Å². The van der Waals surface area contributed by atoms with Crippen LogP contribution in [0.15, 0.2) is 36.4 Å². The van der Waals surface area contributed by atoms with E-state index in [0.717, 1.165) is 36.2 Å². The van der Waals surface area contributed by atoms with E-state index < -0.39 is 5.97 Å². The molecule has 208 valence electrons. The van der Waals surface area contributed by atoms with E-state index in [4.69, 9.17) is 28.0 Å². The smallest absolute Gasteiger partial charge is 0.304 e. The summed E-state index contributed by atoms with van der Waals surface area (Å²) < 4.78 is 6.42. The number of carbonyl (C=O) groups is 2. The lowest BCUT2D eigenvalue weighted by Gasteiger charge is -2.65. The Kier molecular flexibility index (Phi) is 7.33. The molecule has 0 bridgehead atoms. The number of likely N-dealkylation sites (tertiary alicyclic amines) is 1. The molecular formula is C32H34ClN3O4. The highest BCUT2D eigenvalue weighted by Gasteiger charge is 2.66. The van der Waals surface area contributed by atoms with Gasteiger partial charge in [-0.2, -0.15) is 0 Å². The van der Waals surface area contributed by atoms with Gasteiger partial charge in [-0.25, -0.2) is 4.85 Å². The summed E-state index contributed by atoms with van der Waals surface area (Å²) in [7, 11) is 0. The lowest BCUT2D eigenvalue weighted by Crippen LogP contribution is -2.74. The fourth-order valence-corrected chi connectivity index (χ4v) is 7.38. The van der Waals surface area contributed by atoms with Crippen molar-refractivity contribution in [3.63, 3.8) is 0 Å². The number of halogens is 1. The topological polar surface area (TPSA) is 74.4 Å². The fraction of sp³-hybridized carbons (Fsp3) is 0.469. The van der Waals surface area contributed by atoms with Crippen LogP contribution in [0.25, 0.3) is 4.85 Å². The molecule has 8 heteroatoms. The van der Waals surface area contributed by atoms with Crippen LogP contribution in [0.1, 0.15) is 62.0 Å². The molecule has 0 radical (unpaired) electrons. The number of nitrogens with zero attached hydrogens (tertiary/aromatic N) is 3. The van der Waals surface area contributed by atoms with Crippen LogP contribution in [0.2, 0.25) is 5.02 Å². The van der Waals surface area contributed by atoms with Gasteiger partial charge in [-0.3, -0.25) is 9.59 Å². The molecule has 2 aromatic carbocycles. The zero-order valence-electron chi connectivity index (χ0n) is 23.3. The average molecular weight is 560 g/mol. The number of hydrogen-bond donors (Lipinski definition) is 1. The SMILES string of the molecule is [C-]#[N+]c1ccc(OC2C(C)(C)C(N3Cc4cc(C#CCC5CN(CCC(=O)O)C5)ccc4C3=O)C2(C)C)cc1Cl. The Morgan fingerprint density at radius 1 is 1.18 bits per heavy atom. The summed E-state index contributed by atoms with van der Waals surface area (Å²) in [5.74, 6) is 6.93. The number of carboxylic acids is 1. The molecule has 3 aliphatic rings. The Morgan fingerprint density at radius 3 is 2.55 bits per heavy atom. The monoisotopic (exact) mass is 559 g/mol. The highest BCUT2D eigenvalue weighted by Crippen LogP contribution is 2.59. The van der Waals surface area contributed by atoms with E-state index >= 15 is 0 Å². The molecule has 1 N–H and O–H groups in total. The number of benzene rings is 2. The van der Waals surface area contributed by atoms with Crippen molar-refractivity contribution in [2.24, 2.45) is 16.7 Å². The molecule has 1 saturated carbocycles. The van der Waals surface area contributed by atoms with E-state index in [0.29, 0.717) is 35.5 Å². The van der Waals surface area contributed by atoms with Crippen molar-refractivity contribution in [1.29, 1.82) is 0 Å². The summed E-state index contributed by atoms with van der Waals surface area (Å²) in [6, 6.07) is 11.0.